The highest BCUT2D eigenvalue weighted by molar-refractivity contribution is 6.33. The number of benzene rings is 1. The third-order valence-corrected chi connectivity index (χ3v) is 7.80. The van der Waals surface area contributed by atoms with Crippen molar-refractivity contribution in [1.29, 1.82) is 0 Å². The van der Waals surface area contributed by atoms with Gasteiger partial charge in [-0.25, -0.2) is 4.79 Å². The van der Waals surface area contributed by atoms with Gasteiger partial charge in [-0.05, 0) is 63.9 Å². The Morgan fingerprint density at radius 2 is 1.95 bits per heavy atom. The van der Waals surface area contributed by atoms with Crippen LogP contribution in [0.1, 0.15) is 67.4 Å². The zero-order chi connectivity index (χ0) is 26.4. The Morgan fingerprint density at radius 1 is 1.24 bits per heavy atom. The van der Waals surface area contributed by atoms with E-state index in [1.54, 1.807) is 31.3 Å². The molecule has 204 valence electrons. The van der Waals surface area contributed by atoms with E-state index < -0.39 is 11.7 Å². The Hall–Kier alpha value is -2.17. The lowest BCUT2D eigenvalue weighted by Crippen LogP contribution is -2.42. The van der Waals surface area contributed by atoms with Crippen LogP contribution >= 0.6 is 11.6 Å². The molecule has 10 heteroatoms. The molecule has 0 radical (unpaired) electrons. The topological polar surface area (TPSA) is 118 Å². The number of nitrogens with one attached hydrogen (secondary N) is 2. The molecular weight excluding hydrogens is 496 g/mol. The van der Waals surface area contributed by atoms with Gasteiger partial charge in [0.1, 0.15) is 0 Å². The first-order chi connectivity index (χ1) is 17.8. The highest BCUT2D eigenvalue weighted by atomic mass is 35.5. The van der Waals surface area contributed by atoms with Gasteiger partial charge in [0, 0.05) is 18.4 Å². The van der Waals surface area contributed by atoms with Gasteiger partial charge in [-0.15, -0.1) is 0 Å². The average molecular weight is 535 g/mol. The first-order valence-electron chi connectivity index (χ1n) is 13.4. The summed E-state index contributed by atoms with van der Waals surface area (Å²) in [4.78, 5) is 26.2. The number of hydrogen-bond acceptors (Lipinski definition) is 6. The Labute approximate surface area is 222 Å². The lowest BCUT2D eigenvalue weighted by molar-refractivity contribution is -0.0260. The summed E-state index contributed by atoms with van der Waals surface area (Å²) < 4.78 is 8.79. The Kier molecular flexibility index (Phi) is 9.47. The minimum Gasteiger partial charge on any atom is -0.389 e. The SMILES string of the molecule is Cc1cn(-c2ccc(Cl)c(C(=O)NCC3(O)CCCCCC3)c2)c(=O)n1CC(O)COC1CCNCC1. The number of ether oxygens (including phenoxy) is 1. The maximum Gasteiger partial charge on any atom is 0.333 e. The Morgan fingerprint density at radius 3 is 2.65 bits per heavy atom. The minimum absolute atomic E-state index is 0.113. The predicted octanol–water partition coefficient (Wildman–Crippen LogP) is 2.55. The van der Waals surface area contributed by atoms with E-state index >= 15 is 0 Å². The number of aromatic nitrogens is 2. The summed E-state index contributed by atoms with van der Waals surface area (Å²) >= 11 is 6.34. The van der Waals surface area contributed by atoms with Crippen molar-refractivity contribution in [3.8, 4) is 5.69 Å². The Balaban J connectivity index is 1.43. The van der Waals surface area contributed by atoms with Gasteiger partial charge in [0.2, 0.25) is 0 Å². The third kappa shape index (κ3) is 7.23. The molecule has 2 fully saturated rings. The number of aryl methyl sites for hydroxylation is 1. The van der Waals surface area contributed by atoms with Gasteiger partial charge in [-0.1, -0.05) is 37.3 Å². The van der Waals surface area contributed by atoms with Gasteiger partial charge in [0.05, 0.1) is 47.2 Å². The molecule has 1 aromatic heterocycles. The van der Waals surface area contributed by atoms with Crippen LogP contribution in [0.25, 0.3) is 5.69 Å². The van der Waals surface area contributed by atoms with E-state index in [9.17, 15) is 19.8 Å². The number of aliphatic hydroxyl groups excluding tert-OH is 1. The standard InChI is InChI=1S/C27H39ClN4O5/c1-19-15-32(26(35)31(19)16-21(33)17-37-22-8-12-29-13-9-22)20-6-7-24(28)23(14-20)25(34)30-18-27(36)10-4-2-3-5-11-27/h6-7,14-15,21-22,29,33,36H,2-5,8-13,16-18H2,1H3,(H,30,34). The van der Waals surface area contributed by atoms with Crippen molar-refractivity contribution in [1.82, 2.24) is 19.8 Å². The Bertz CT molecular complexity index is 1120. The molecule has 37 heavy (non-hydrogen) atoms. The summed E-state index contributed by atoms with van der Waals surface area (Å²) in [5.74, 6) is -0.390. The molecule has 0 spiro atoms. The number of carbonyl (C=O) groups excluding carboxylic acids is 1. The monoisotopic (exact) mass is 534 g/mol. The number of imidazole rings is 1. The molecular formula is C27H39ClN4O5. The van der Waals surface area contributed by atoms with Gasteiger partial charge in [0.25, 0.3) is 5.91 Å². The van der Waals surface area contributed by atoms with E-state index in [1.807, 2.05) is 0 Å². The average Bonchev–Trinajstić information content (AvgIpc) is 3.04. The van der Waals surface area contributed by atoms with Gasteiger partial charge in [-0.3, -0.25) is 13.9 Å². The minimum atomic E-state index is -0.903. The first-order valence-corrected chi connectivity index (χ1v) is 13.7. The molecule has 1 unspecified atom stereocenters. The van der Waals surface area contributed by atoms with E-state index in [-0.39, 0.29) is 48.0 Å². The van der Waals surface area contributed by atoms with Crippen molar-refractivity contribution >= 4 is 17.5 Å². The summed E-state index contributed by atoms with van der Waals surface area (Å²) in [6.45, 7) is 4.06. The molecule has 4 rings (SSSR count). The van der Waals surface area contributed by atoms with Crippen molar-refractivity contribution in [2.24, 2.45) is 0 Å². The highest BCUT2D eigenvalue weighted by Gasteiger charge is 2.29. The molecule has 1 saturated carbocycles. The summed E-state index contributed by atoms with van der Waals surface area (Å²) in [5.41, 5.74) is 0.196. The highest BCUT2D eigenvalue weighted by Crippen LogP contribution is 2.27. The lowest BCUT2D eigenvalue weighted by Gasteiger charge is -2.26. The van der Waals surface area contributed by atoms with Crippen molar-refractivity contribution in [3.63, 3.8) is 0 Å². The van der Waals surface area contributed by atoms with E-state index in [4.69, 9.17) is 16.3 Å². The van der Waals surface area contributed by atoms with Crippen LogP contribution in [0.4, 0.5) is 0 Å². The molecule has 2 aromatic rings. The zero-order valence-corrected chi connectivity index (χ0v) is 22.3. The smallest absolute Gasteiger partial charge is 0.333 e. The predicted molar refractivity (Wildman–Crippen MR) is 143 cm³/mol. The van der Waals surface area contributed by atoms with Crippen LogP contribution in [0.3, 0.4) is 0 Å². The molecule has 1 aliphatic heterocycles. The number of hydrogen-bond donors (Lipinski definition) is 4. The van der Waals surface area contributed by atoms with Crippen LogP contribution in [0, 0.1) is 6.92 Å². The third-order valence-electron chi connectivity index (χ3n) is 7.47. The number of carbonyl (C=O) groups is 1. The molecule has 2 heterocycles. The fourth-order valence-corrected chi connectivity index (χ4v) is 5.42. The zero-order valence-electron chi connectivity index (χ0n) is 21.5. The summed E-state index contributed by atoms with van der Waals surface area (Å²) in [6.07, 6.45) is 8.23. The summed E-state index contributed by atoms with van der Waals surface area (Å²) in [7, 11) is 0. The normalized spacial score (nSPS) is 19.4. The first kappa shape index (κ1) is 27.9. The van der Waals surface area contributed by atoms with Gasteiger partial charge >= 0.3 is 5.69 Å². The van der Waals surface area contributed by atoms with Crippen LogP contribution in [0.5, 0.6) is 0 Å². The number of rotatable bonds is 9. The molecule has 9 nitrogen and oxygen atoms in total. The van der Waals surface area contributed by atoms with Gasteiger partial charge in [-0.2, -0.15) is 0 Å². The second kappa shape index (κ2) is 12.6. The van der Waals surface area contributed by atoms with E-state index in [2.05, 4.69) is 10.6 Å². The second-order valence-corrected chi connectivity index (χ2v) is 10.9. The quantitative estimate of drug-likeness (QED) is 0.367. The van der Waals surface area contributed by atoms with Gasteiger partial charge in [0.15, 0.2) is 0 Å². The molecule has 1 saturated heterocycles. The molecule has 1 aliphatic carbocycles. The van der Waals surface area contributed by atoms with E-state index in [0.717, 1.165) is 51.6 Å². The van der Waals surface area contributed by atoms with Crippen molar-refractivity contribution in [2.45, 2.75) is 82.6 Å². The molecule has 4 N–H and O–H groups in total. The van der Waals surface area contributed by atoms with Crippen LogP contribution < -0.4 is 16.3 Å². The maximum absolute atomic E-state index is 13.2. The molecule has 1 atom stereocenters. The van der Waals surface area contributed by atoms with Gasteiger partial charge < -0.3 is 25.6 Å². The molecule has 1 aromatic carbocycles. The molecule has 0 bridgehead atoms. The second-order valence-electron chi connectivity index (χ2n) is 10.5. The van der Waals surface area contributed by atoms with Crippen LogP contribution in [-0.4, -0.2) is 69.3 Å². The summed E-state index contributed by atoms with van der Waals surface area (Å²) in [5, 5.41) is 27.8. The fraction of sp³-hybridized carbons (Fsp3) is 0.630. The van der Waals surface area contributed by atoms with E-state index in [1.165, 1.54) is 9.13 Å². The van der Waals surface area contributed by atoms with Crippen LogP contribution in [0.15, 0.2) is 29.2 Å². The number of piperidine rings is 1. The maximum atomic E-state index is 13.2. The van der Waals surface area contributed by atoms with Crippen molar-refractivity contribution in [3.05, 3.63) is 51.2 Å². The number of nitrogens with zero attached hydrogens (tertiary/aromatic N) is 2. The van der Waals surface area contributed by atoms with Crippen molar-refractivity contribution in [2.75, 3.05) is 26.2 Å². The van der Waals surface area contributed by atoms with Crippen LogP contribution in [0.2, 0.25) is 5.02 Å². The van der Waals surface area contributed by atoms with Crippen molar-refractivity contribution < 1.29 is 19.7 Å². The molecule has 2 aliphatic rings. The van der Waals surface area contributed by atoms with Crippen LogP contribution in [-0.2, 0) is 11.3 Å². The fourth-order valence-electron chi connectivity index (χ4n) is 5.21. The molecule has 1 amide bonds. The summed E-state index contributed by atoms with van der Waals surface area (Å²) in [6, 6.07) is 4.85. The number of halogens is 1. The number of aliphatic hydroxyl groups is 2. The van der Waals surface area contributed by atoms with E-state index in [0.29, 0.717) is 24.2 Å². The number of amides is 1. The largest absolute Gasteiger partial charge is 0.389 e. The lowest BCUT2D eigenvalue weighted by atomic mass is 9.94.